The molecule has 0 radical (unpaired) electrons. The van der Waals surface area contributed by atoms with Crippen LogP contribution in [0.1, 0.15) is 35.8 Å². The van der Waals surface area contributed by atoms with Crippen LogP contribution >= 0.6 is 0 Å². The van der Waals surface area contributed by atoms with Gasteiger partial charge in [0, 0.05) is 25.7 Å². The molecule has 8 heteroatoms. The Bertz CT molecular complexity index is 1010. The van der Waals surface area contributed by atoms with Crippen molar-refractivity contribution in [1.29, 1.82) is 0 Å². The summed E-state index contributed by atoms with van der Waals surface area (Å²) >= 11 is 0. The van der Waals surface area contributed by atoms with Crippen LogP contribution in [-0.2, 0) is 6.54 Å². The third kappa shape index (κ3) is 3.22. The van der Waals surface area contributed by atoms with Crippen molar-refractivity contribution in [3.63, 3.8) is 0 Å². The summed E-state index contributed by atoms with van der Waals surface area (Å²) in [7, 11) is 0. The summed E-state index contributed by atoms with van der Waals surface area (Å²) in [5, 5.41) is 11.5. The lowest BCUT2D eigenvalue weighted by molar-refractivity contribution is 0.0784. The standard InChI is InChI=1S/C20H23N7O/c1-13(2)27-12-22-25-19(27)16-7-4-8-17(24-16)23-15-6-3-5-14-11-26(10-9-21)20(28)18(14)15/h3-8,12-13H,9-11,21H2,1-2H3,(H,23,24). The summed E-state index contributed by atoms with van der Waals surface area (Å²) in [6, 6.07) is 11.7. The van der Waals surface area contributed by atoms with E-state index in [0.717, 1.165) is 16.9 Å². The molecular weight excluding hydrogens is 354 g/mol. The number of pyridine rings is 1. The van der Waals surface area contributed by atoms with E-state index in [2.05, 4.69) is 34.3 Å². The van der Waals surface area contributed by atoms with Gasteiger partial charge in [-0.05, 0) is 37.6 Å². The summed E-state index contributed by atoms with van der Waals surface area (Å²) in [5.41, 5.74) is 8.79. The van der Waals surface area contributed by atoms with Gasteiger partial charge in [0.1, 0.15) is 17.8 Å². The van der Waals surface area contributed by atoms with Crippen LogP contribution in [0.25, 0.3) is 11.5 Å². The van der Waals surface area contributed by atoms with E-state index >= 15 is 0 Å². The summed E-state index contributed by atoms with van der Waals surface area (Å²) in [4.78, 5) is 19.2. The molecular formula is C20H23N7O. The lowest BCUT2D eigenvalue weighted by atomic mass is 10.1. The molecule has 8 nitrogen and oxygen atoms in total. The first-order chi connectivity index (χ1) is 13.6. The zero-order chi connectivity index (χ0) is 19.7. The van der Waals surface area contributed by atoms with Crippen molar-refractivity contribution in [3.8, 4) is 11.5 Å². The van der Waals surface area contributed by atoms with Gasteiger partial charge in [0.15, 0.2) is 5.82 Å². The first-order valence-electron chi connectivity index (χ1n) is 9.33. The van der Waals surface area contributed by atoms with Gasteiger partial charge in [-0.2, -0.15) is 0 Å². The van der Waals surface area contributed by atoms with Crippen LogP contribution in [-0.4, -0.2) is 43.6 Å². The van der Waals surface area contributed by atoms with Gasteiger partial charge in [-0.3, -0.25) is 4.79 Å². The number of amides is 1. The SMILES string of the molecule is CC(C)n1cnnc1-c1cccc(Nc2cccc3c2C(=O)N(CCN)C3)n1. The molecule has 28 heavy (non-hydrogen) atoms. The number of nitrogens with two attached hydrogens (primary N) is 1. The largest absolute Gasteiger partial charge is 0.340 e. The smallest absolute Gasteiger partial charge is 0.256 e. The lowest BCUT2D eigenvalue weighted by Gasteiger charge is -2.14. The first kappa shape index (κ1) is 18.1. The quantitative estimate of drug-likeness (QED) is 0.685. The maximum atomic E-state index is 12.8. The molecule has 2 aromatic heterocycles. The Kier molecular flexibility index (Phi) is 4.79. The van der Waals surface area contributed by atoms with Crippen molar-refractivity contribution >= 4 is 17.4 Å². The zero-order valence-electron chi connectivity index (χ0n) is 16.0. The van der Waals surface area contributed by atoms with E-state index in [9.17, 15) is 4.79 Å². The maximum absolute atomic E-state index is 12.8. The molecule has 0 bridgehead atoms. The minimum absolute atomic E-state index is 0.000689. The van der Waals surface area contributed by atoms with E-state index in [1.165, 1.54) is 0 Å². The zero-order valence-corrected chi connectivity index (χ0v) is 16.0. The normalized spacial score (nSPS) is 13.3. The predicted octanol–water partition coefficient (Wildman–Crippen LogP) is 2.58. The third-order valence-electron chi connectivity index (χ3n) is 4.78. The van der Waals surface area contributed by atoms with Crippen molar-refractivity contribution in [2.24, 2.45) is 5.73 Å². The van der Waals surface area contributed by atoms with Crippen LogP contribution < -0.4 is 11.1 Å². The Balaban J connectivity index is 1.65. The van der Waals surface area contributed by atoms with E-state index in [1.807, 2.05) is 41.0 Å². The van der Waals surface area contributed by atoms with Gasteiger partial charge in [-0.1, -0.05) is 18.2 Å². The Labute approximate surface area is 163 Å². The third-order valence-corrected chi connectivity index (χ3v) is 4.78. The number of carbonyl (C=O) groups excluding carboxylic acids is 1. The second kappa shape index (κ2) is 7.40. The average Bonchev–Trinajstić information content (AvgIpc) is 3.29. The van der Waals surface area contributed by atoms with E-state index in [4.69, 9.17) is 5.73 Å². The van der Waals surface area contributed by atoms with Crippen molar-refractivity contribution in [3.05, 3.63) is 53.9 Å². The molecule has 0 saturated heterocycles. The van der Waals surface area contributed by atoms with Gasteiger partial charge in [0.25, 0.3) is 5.91 Å². The van der Waals surface area contributed by atoms with Gasteiger partial charge in [-0.25, -0.2) is 4.98 Å². The van der Waals surface area contributed by atoms with Crippen LogP contribution in [0, 0.1) is 0 Å². The van der Waals surface area contributed by atoms with Gasteiger partial charge in [0.05, 0.1) is 11.3 Å². The van der Waals surface area contributed by atoms with Crippen molar-refractivity contribution in [2.45, 2.75) is 26.4 Å². The Morgan fingerprint density at radius 1 is 1.21 bits per heavy atom. The molecule has 144 valence electrons. The van der Waals surface area contributed by atoms with E-state index in [1.54, 1.807) is 11.2 Å². The molecule has 1 aliphatic rings. The van der Waals surface area contributed by atoms with Crippen molar-refractivity contribution < 1.29 is 4.79 Å². The molecule has 0 aliphatic carbocycles. The summed E-state index contributed by atoms with van der Waals surface area (Å²) in [6.45, 7) is 5.72. The Hall–Kier alpha value is -3.26. The highest BCUT2D eigenvalue weighted by molar-refractivity contribution is 6.04. The van der Waals surface area contributed by atoms with Crippen LogP contribution in [0.2, 0.25) is 0 Å². The summed E-state index contributed by atoms with van der Waals surface area (Å²) in [5.74, 6) is 1.36. The van der Waals surface area contributed by atoms with Gasteiger partial charge in [0.2, 0.25) is 0 Å². The topological polar surface area (TPSA) is 102 Å². The number of aromatic nitrogens is 4. The molecule has 3 heterocycles. The van der Waals surface area contributed by atoms with Gasteiger partial charge in [-0.15, -0.1) is 10.2 Å². The molecule has 0 spiro atoms. The highest BCUT2D eigenvalue weighted by atomic mass is 16.2. The average molecular weight is 377 g/mol. The van der Waals surface area contributed by atoms with Crippen LogP contribution in [0.5, 0.6) is 0 Å². The number of nitrogens with zero attached hydrogens (tertiary/aromatic N) is 5. The number of anilines is 2. The summed E-state index contributed by atoms with van der Waals surface area (Å²) in [6.07, 6.45) is 1.70. The number of carbonyl (C=O) groups is 1. The van der Waals surface area contributed by atoms with Crippen molar-refractivity contribution in [2.75, 3.05) is 18.4 Å². The fourth-order valence-corrected chi connectivity index (χ4v) is 3.43. The molecule has 4 rings (SSSR count). The van der Waals surface area contributed by atoms with E-state index in [-0.39, 0.29) is 11.9 Å². The van der Waals surface area contributed by atoms with Crippen LogP contribution in [0.3, 0.4) is 0 Å². The molecule has 0 fully saturated rings. The minimum Gasteiger partial charge on any atom is -0.340 e. The number of rotatable bonds is 6. The van der Waals surface area contributed by atoms with Crippen LogP contribution in [0.4, 0.5) is 11.5 Å². The summed E-state index contributed by atoms with van der Waals surface area (Å²) < 4.78 is 1.97. The van der Waals surface area contributed by atoms with Gasteiger partial charge < -0.3 is 20.5 Å². The molecule has 0 unspecified atom stereocenters. The second-order valence-electron chi connectivity index (χ2n) is 7.04. The highest BCUT2D eigenvalue weighted by Crippen LogP contribution is 2.31. The predicted molar refractivity (Wildman–Crippen MR) is 107 cm³/mol. The monoisotopic (exact) mass is 377 g/mol. The molecule has 3 aromatic rings. The number of nitrogens with one attached hydrogen (secondary N) is 1. The molecule has 1 aliphatic heterocycles. The number of hydrogen-bond acceptors (Lipinski definition) is 6. The number of hydrogen-bond donors (Lipinski definition) is 2. The fraction of sp³-hybridized carbons (Fsp3) is 0.300. The Morgan fingerprint density at radius 3 is 2.82 bits per heavy atom. The molecule has 1 amide bonds. The lowest BCUT2D eigenvalue weighted by Crippen LogP contribution is -2.29. The maximum Gasteiger partial charge on any atom is 0.256 e. The molecule has 0 saturated carbocycles. The van der Waals surface area contributed by atoms with E-state index < -0.39 is 0 Å². The first-order valence-corrected chi connectivity index (χ1v) is 9.33. The number of benzene rings is 1. The fourth-order valence-electron chi connectivity index (χ4n) is 3.43. The molecule has 3 N–H and O–H groups in total. The van der Waals surface area contributed by atoms with Gasteiger partial charge >= 0.3 is 0 Å². The number of fused-ring (bicyclic) bond motifs is 1. The van der Waals surface area contributed by atoms with E-state index in [0.29, 0.717) is 36.8 Å². The second-order valence-corrected chi connectivity index (χ2v) is 7.04. The molecule has 1 aromatic carbocycles. The Morgan fingerprint density at radius 2 is 2.04 bits per heavy atom. The van der Waals surface area contributed by atoms with Crippen LogP contribution in [0.15, 0.2) is 42.7 Å². The molecule has 0 atom stereocenters. The minimum atomic E-state index is -0.000689. The van der Waals surface area contributed by atoms with Crippen molar-refractivity contribution in [1.82, 2.24) is 24.6 Å². The highest BCUT2D eigenvalue weighted by Gasteiger charge is 2.29.